The van der Waals surface area contributed by atoms with Crippen LogP contribution in [-0.2, 0) is 15.3 Å². The summed E-state index contributed by atoms with van der Waals surface area (Å²) in [6.45, 7) is 4.69. The van der Waals surface area contributed by atoms with E-state index in [-0.39, 0.29) is 5.41 Å². The minimum Gasteiger partial charge on any atom is -0.310 e. The molecule has 14 aromatic rings. The van der Waals surface area contributed by atoms with Crippen LogP contribution >= 0.6 is 0 Å². The van der Waals surface area contributed by atoms with Gasteiger partial charge in [0, 0.05) is 55.5 Å². The van der Waals surface area contributed by atoms with Crippen molar-refractivity contribution in [1.82, 2.24) is 19.5 Å². The summed E-state index contributed by atoms with van der Waals surface area (Å²) in [4.78, 5) is 18.6. The molecule has 3 aliphatic rings. The molecule has 9 heteroatoms. The lowest BCUT2D eigenvalue weighted by Crippen LogP contribution is -2.72. The van der Waals surface area contributed by atoms with Crippen molar-refractivity contribution >= 4 is 77.5 Å². The number of nitrogens with zero attached hydrogens (tertiary/aromatic N) is 5. The van der Waals surface area contributed by atoms with E-state index in [9.17, 15) is 8.42 Å². The van der Waals surface area contributed by atoms with Gasteiger partial charge in [0.1, 0.15) is 0 Å². The molecule has 1 aliphatic carbocycles. The van der Waals surface area contributed by atoms with Crippen molar-refractivity contribution in [1.29, 1.82) is 0 Å². The van der Waals surface area contributed by atoms with Crippen molar-refractivity contribution in [2.24, 2.45) is 0 Å². The maximum absolute atomic E-state index is 15.0. The molecule has 0 bridgehead atoms. The Morgan fingerprint density at radius 3 is 1.64 bits per heavy atom. The predicted octanol–water partition coefficient (Wildman–Crippen LogP) is 15.9. The first kappa shape index (κ1) is 50.9. The predicted molar refractivity (Wildman–Crippen MR) is 356 cm³/mol. The maximum atomic E-state index is 15.0. The molecule has 87 heavy (non-hydrogen) atoms. The van der Waals surface area contributed by atoms with Crippen molar-refractivity contribution in [3.05, 3.63) is 296 Å². The van der Waals surface area contributed by atoms with Gasteiger partial charge in [0.2, 0.25) is 15.8 Å². The highest BCUT2D eigenvalue weighted by molar-refractivity contribution is 7.92. The van der Waals surface area contributed by atoms with Crippen LogP contribution in [0.15, 0.2) is 295 Å². The summed E-state index contributed by atoms with van der Waals surface area (Å²) in [5, 5.41) is 6.88. The van der Waals surface area contributed by atoms with Crippen LogP contribution in [0.4, 0.5) is 17.1 Å². The van der Waals surface area contributed by atoms with E-state index in [1.54, 1.807) is 12.1 Å². The highest BCUT2D eigenvalue weighted by Gasteiger charge is 2.49. The molecule has 0 spiro atoms. The molecule has 0 amide bonds. The van der Waals surface area contributed by atoms with Gasteiger partial charge in [-0.05, 0) is 120 Å². The first-order chi connectivity index (χ1) is 42.7. The molecule has 7 nitrogen and oxygen atoms in total. The highest BCUT2D eigenvalue weighted by atomic mass is 32.2. The Bertz CT molecular complexity index is 5180. The molecule has 0 N–H and O–H groups in total. The summed E-state index contributed by atoms with van der Waals surface area (Å²) >= 11 is 0. The zero-order valence-electron chi connectivity index (χ0n) is 47.6. The second kappa shape index (κ2) is 19.2. The highest BCUT2D eigenvalue weighted by Crippen LogP contribution is 2.52. The van der Waals surface area contributed by atoms with Crippen molar-refractivity contribution in [2.45, 2.75) is 29.1 Å². The van der Waals surface area contributed by atoms with E-state index in [4.69, 9.17) is 15.0 Å². The number of sulfone groups is 1. The summed E-state index contributed by atoms with van der Waals surface area (Å²) in [5.41, 5.74) is 16.9. The smallest absolute Gasteiger partial charge is 0.238 e. The second-order valence-corrected chi connectivity index (χ2v) is 29.0. The SMILES string of the molecule is CC1(C)c2ccccc2-c2ccc(N(c3cccc(-c4ccc5c6c7c(ccc6n(-c6nc(-c8ccccc8)nc(-c8ccccc8)n6)c5c4)-c4ccccc4S7(=O)=O)c3)c3ccc4c(c3)-c3ccccc3[Si]4(c3ccccc3)c3ccccc3)cc21. The Labute approximate surface area is 505 Å². The zero-order chi connectivity index (χ0) is 58.2. The third kappa shape index (κ3) is 7.53. The topological polar surface area (TPSA) is 81.0 Å². The van der Waals surface area contributed by atoms with Gasteiger partial charge in [0.15, 0.2) is 19.7 Å². The largest absolute Gasteiger partial charge is 0.310 e. The number of hydrogen-bond acceptors (Lipinski definition) is 6. The Kier molecular flexibility index (Phi) is 11.2. The van der Waals surface area contributed by atoms with Crippen molar-refractivity contribution in [3.63, 3.8) is 0 Å². The Morgan fingerprint density at radius 2 is 0.931 bits per heavy atom. The Hall–Kier alpha value is -10.6. The van der Waals surface area contributed by atoms with E-state index in [0.717, 1.165) is 50.2 Å². The maximum Gasteiger partial charge on any atom is 0.238 e. The molecule has 2 aliphatic heterocycles. The van der Waals surface area contributed by atoms with Gasteiger partial charge < -0.3 is 4.90 Å². The molecular weight excluding hydrogens is 1100 g/mol. The van der Waals surface area contributed by atoms with Gasteiger partial charge >= 0.3 is 0 Å². The zero-order valence-corrected chi connectivity index (χ0v) is 49.4. The van der Waals surface area contributed by atoms with E-state index in [1.165, 1.54) is 54.1 Å². The van der Waals surface area contributed by atoms with Crippen molar-refractivity contribution in [2.75, 3.05) is 4.90 Å². The summed E-state index contributed by atoms with van der Waals surface area (Å²) in [5.74, 6) is 1.38. The number of fused-ring (bicyclic) bond motifs is 13. The summed E-state index contributed by atoms with van der Waals surface area (Å²) < 4.78 is 32.0. The molecule has 0 saturated carbocycles. The van der Waals surface area contributed by atoms with Gasteiger partial charge in [0.05, 0.1) is 20.8 Å². The van der Waals surface area contributed by atoms with Gasteiger partial charge in [-0.3, -0.25) is 4.57 Å². The lowest BCUT2D eigenvalue weighted by Gasteiger charge is -2.32. The first-order valence-corrected chi connectivity index (χ1v) is 33.0. The Balaban J connectivity index is 0.888. The fraction of sp³-hybridized carbons (Fsp3) is 0.0385. The van der Waals surface area contributed by atoms with Crippen molar-refractivity contribution in [3.8, 4) is 73.2 Å². The molecule has 17 rings (SSSR count). The quantitative estimate of drug-likeness (QED) is 0.134. The van der Waals surface area contributed by atoms with Crippen LogP contribution in [0, 0.1) is 0 Å². The third-order valence-corrected chi connectivity index (χ3v) is 25.3. The van der Waals surface area contributed by atoms with Gasteiger partial charge in [-0.25, -0.2) is 13.4 Å². The molecule has 12 aromatic carbocycles. The first-order valence-electron chi connectivity index (χ1n) is 29.5. The summed E-state index contributed by atoms with van der Waals surface area (Å²) in [6, 6.07) is 101. The van der Waals surface area contributed by atoms with Crippen LogP contribution in [0.3, 0.4) is 0 Å². The standard InChI is InChI=1S/C78H53N5O2SSi/c1-78(2)66-35-18-15-32-59(66)60-42-39-56(49-67(60)78)82(55-40-45-72-65(48-55)62-34-17-20-37-71(62)87(72,57-28-11-5-12-29-57)58-30-13-6-14-31-58)54-27-21-26-52(46-54)53-38-41-64-69(47-53)83(68-44-43-63-61-33-16-19-36-70(61)86(84,85)74(63)73(64)68)77-80-75(50-22-7-3-8-23-50)79-76(81-77)51-24-9-4-10-25-51/h3-49H,1-2H3. The van der Waals surface area contributed by atoms with E-state index in [0.29, 0.717) is 49.4 Å². The van der Waals surface area contributed by atoms with Crippen LogP contribution in [0.2, 0.25) is 0 Å². The molecule has 0 unspecified atom stereocenters. The third-order valence-electron chi connectivity index (χ3n) is 18.5. The van der Waals surface area contributed by atoms with Gasteiger partial charge in [-0.15, -0.1) is 0 Å². The van der Waals surface area contributed by atoms with Gasteiger partial charge in [-0.1, -0.05) is 244 Å². The van der Waals surface area contributed by atoms with Crippen LogP contribution in [-0.4, -0.2) is 36.0 Å². The average molecular weight is 1150 g/mol. The van der Waals surface area contributed by atoms with Crippen molar-refractivity contribution < 1.29 is 8.42 Å². The fourth-order valence-electron chi connectivity index (χ4n) is 14.6. The number of aromatic nitrogens is 4. The van der Waals surface area contributed by atoms with Crippen LogP contribution in [0.5, 0.6) is 0 Å². The van der Waals surface area contributed by atoms with E-state index in [1.807, 2.05) is 89.5 Å². The number of benzene rings is 12. The molecule has 412 valence electrons. The van der Waals surface area contributed by atoms with Crippen LogP contribution < -0.4 is 25.6 Å². The number of anilines is 3. The van der Waals surface area contributed by atoms with Crippen LogP contribution in [0.1, 0.15) is 25.0 Å². The van der Waals surface area contributed by atoms with Gasteiger partial charge in [0.25, 0.3) is 0 Å². The normalized spacial score (nSPS) is 14.2. The molecule has 0 radical (unpaired) electrons. The van der Waals surface area contributed by atoms with Crippen LogP contribution in [0.25, 0.3) is 95.0 Å². The minimum atomic E-state index is -3.94. The molecular formula is C78H53N5O2SSi. The lowest BCUT2D eigenvalue weighted by molar-refractivity contribution is 0.599. The molecule has 4 heterocycles. The average Bonchev–Trinajstić information content (AvgIpc) is 1.59. The second-order valence-electron chi connectivity index (χ2n) is 23.5. The summed E-state index contributed by atoms with van der Waals surface area (Å²) in [6.07, 6.45) is 0. The number of rotatable bonds is 9. The molecule has 0 fully saturated rings. The van der Waals surface area contributed by atoms with E-state index >= 15 is 0 Å². The lowest BCUT2D eigenvalue weighted by atomic mass is 9.82. The van der Waals surface area contributed by atoms with Gasteiger partial charge in [-0.2, -0.15) is 9.97 Å². The number of hydrogen-bond donors (Lipinski definition) is 0. The fourth-order valence-corrected chi connectivity index (χ4v) is 21.6. The summed E-state index contributed by atoms with van der Waals surface area (Å²) in [7, 11) is -6.70. The molecule has 0 atom stereocenters. The minimum absolute atomic E-state index is 0.235. The Morgan fingerprint density at radius 1 is 0.391 bits per heavy atom. The monoisotopic (exact) mass is 1150 g/mol. The molecule has 0 saturated heterocycles. The van der Waals surface area contributed by atoms with E-state index in [2.05, 4.69) is 207 Å². The molecule has 2 aromatic heterocycles. The van der Waals surface area contributed by atoms with E-state index < -0.39 is 17.9 Å².